The van der Waals surface area contributed by atoms with Crippen LogP contribution in [0.4, 0.5) is 5.69 Å². The Morgan fingerprint density at radius 2 is 1.81 bits per heavy atom. The number of para-hydroxylation sites is 1. The van der Waals surface area contributed by atoms with E-state index in [1.807, 2.05) is 0 Å². The van der Waals surface area contributed by atoms with Crippen molar-refractivity contribution >= 4 is 23.3 Å². The van der Waals surface area contributed by atoms with Crippen molar-refractivity contribution in [2.45, 2.75) is 20.0 Å². The lowest BCUT2D eigenvalue weighted by atomic mass is 10.1. The Morgan fingerprint density at radius 3 is 2.58 bits per heavy atom. The number of carbonyl (C=O) groups excluding carboxylic acids is 3. The highest BCUT2D eigenvalue weighted by Crippen LogP contribution is 2.32. The molecular formula is C19H17NO6. The number of rotatable bonds is 5. The van der Waals surface area contributed by atoms with Gasteiger partial charge in [0.1, 0.15) is 0 Å². The average molecular weight is 355 g/mol. The number of carbonyl (C=O) groups is 3. The van der Waals surface area contributed by atoms with Gasteiger partial charge in [-0.1, -0.05) is 12.1 Å². The summed E-state index contributed by atoms with van der Waals surface area (Å²) in [5, 5.41) is 2.61. The second-order valence-electron chi connectivity index (χ2n) is 5.71. The van der Waals surface area contributed by atoms with Gasteiger partial charge in [0, 0.05) is 5.56 Å². The van der Waals surface area contributed by atoms with Crippen molar-refractivity contribution in [2.75, 3.05) is 12.1 Å². The van der Waals surface area contributed by atoms with Crippen LogP contribution in [-0.2, 0) is 9.53 Å². The molecule has 0 saturated carbocycles. The largest absolute Gasteiger partial charge is 0.454 e. The minimum absolute atomic E-state index is 0.0994. The van der Waals surface area contributed by atoms with Gasteiger partial charge in [0.15, 0.2) is 23.4 Å². The molecule has 0 aromatic heterocycles. The number of nitrogens with one attached hydrogen (secondary N) is 1. The normalized spacial score (nSPS) is 13.0. The molecule has 0 aliphatic carbocycles. The molecule has 7 heteroatoms. The third kappa shape index (κ3) is 3.66. The molecule has 0 spiro atoms. The molecule has 0 bridgehead atoms. The molecular weight excluding hydrogens is 338 g/mol. The summed E-state index contributed by atoms with van der Waals surface area (Å²) < 4.78 is 15.6. The first kappa shape index (κ1) is 17.5. The fourth-order valence-corrected chi connectivity index (χ4v) is 2.44. The van der Waals surface area contributed by atoms with E-state index >= 15 is 0 Å². The van der Waals surface area contributed by atoms with Gasteiger partial charge in [-0.2, -0.15) is 0 Å². The number of hydrogen-bond acceptors (Lipinski definition) is 6. The van der Waals surface area contributed by atoms with Crippen LogP contribution in [0.25, 0.3) is 0 Å². The van der Waals surface area contributed by atoms with Crippen LogP contribution in [-0.4, -0.2) is 30.6 Å². The minimum Gasteiger partial charge on any atom is -0.454 e. The predicted molar refractivity (Wildman–Crippen MR) is 92.5 cm³/mol. The van der Waals surface area contributed by atoms with Crippen LogP contribution in [0.15, 0.2) is 42.5 Å². The van der Waals surface area contributed by atoms with Gasteiger partial charge < -0.3 is 19.5 Å². The number of benzene rings is 2. The van der Waals surface area contributed by atoms with Gasteiger partial charge in [0.25, 0.3) is 5.91 Å². The van der Waals surface area contributed by atoms with Crippen LogP contribution in [0.3, 0.4) is 0 Å². The second-order valence-corrected chi connectivity index (χ2v) is 5.71. The average Bonchev–Trinajstić information content (AvgIpc) is 3.09. The quantitative estimate of drug-likeness (QED) is 0.655. The zero-order chi connectivity index (χ0) is 18.7. The molecule has 0 radical (unpaired) electrons. The molecule has 0 fully saturated rings. The van der Waals surface area contributed by atoms with Crippen molar-refractivity contribution < 1.29 is 28.6 Å². The van der Waals surface area contributed by atoms with E-state index in [4.69, 9.17) is 14.2 Å². The van der Waals surface area contributed by atoms with Crippen molar-refractivity contribution in [3.8, 4) is 11.5 Å². The highest BCUT2D eigenvalue weighted by Gasteiger charge is 2.22. The summed E-state index contributed by atoms with van der Waals surface area (Å²) in [6, 6.07) is 11.3. The van der Waals surface area contributed by atoms with Crippen LogP contribution in [0, 0.1) is 0 Å². The molecule has 1 aliphatic heterocycles. The van der Waals surface area contributed by atoms with Gasteiger partial charge in [0.05, 0.1) is 11.3 Å². The van der Waals surface area contributed by atoms with E-state index in [-0.39, 0.29) is 18.1 Å². The number of hydrogen-bond donors (Lipinski definition) is 1. The first-order chi connectivity index (χ1) is 12.5. The maximum atomic E-state index is 12.3. The zero-order valence-corrected chi connectivity index (χ0v) is 14.3. The molecule has 2 aromatic rings. The van der Waals surface area contributed by atoms with E-state index in [1.165, 1.54) is 26.0 Å². The molecule has 1 amide bonds. The summed E-state index contributed by atoms with van der Waals surface area (Å²) in [6.45, 7) is 2.97. The van der Waals surface area contributed by atoms with Crippen LogP contribution >= 0.6 is 0 Å². The number of anilines is 1. The Hall–Kier alpha value is -3.35. The fourth-order valence-electron chi connectivity index (χ4n) is 2.44. The van der Waals surface area contributed by atoms with Crippen molar-refractivity contribution in [3.63, 3.8) is 0 Å². The number of amides is 1. The molecule has 1 N–H and O–H groups in total. The van der Waals surface area contributed by atoms with Crippen molar-refractivity contribution in [1.29, 1.82) is 0 Å². The first-order valence-electron chi connectivity index (χ1n) is 7.97. The second kappa shape index (κ2) is 7.26. The van der Waals surface area contributed by atoms with Crippen molar-refractivity contribution in [3.05, 3.63) is 53.6 Å². The van der Waals surface area contributed by atoms with E-state index < -0.39 is 18.0 Å². The lowest BCUT2D eigenvalue weighted by Crippen LogP contribution is -2.30. The van der Waals surface area contributed by atoms with E-state index in [0.717, 1.165) is 0 Å². The van der Waals surface area contributed by atoms with Crippen LogP contribution in [0.5, 0.6) is 11.5 Å². The SMILES string of the molecule is CC(=O)c1ccccc1NC(=O)[C@@H](C)OC(=O)c1ccc2c(c1)OCO2. The summed E-state index contributed by atoms with van der Waals surface area (Å²) in [4.78, 5) is 36.1. The summed E-state index contributed by atoms with van der Waals surface area (Å²) in [5.41, 5.74) is 1.00. The Labute approximate surface area is 149 Å². The molecule has 1 heterocycles. The molecule has 0 saturated heterocycles. The maximum Gasteiger partial charge on any atom is 0.339 e. The van der Waals surface area contributed by atoms with Gasteiger partial charge in [-0.3, -0.25) is 9.59 Å². The molecule has 0 unspecified atom stereocenters. The summed E-state index contributed by atoms with van der Waals surface area (Å²) in [5.74, 6) is -0.371. The molecule has 2 aromatic carbocycles. The molecule has 1 aliphatic rings. The Morgan fingerprint density at radius 1 is 1.08 bits per heavy atom. The van der Waals surface area contributed by atoms with Crippen molar-refractivity contribution in [2.24, 2.45) is 0 Å². The molecule has 1 atom stereocenters. The van der Waals surface area contributed by atoms with Crippen LogP contribution in [0.2, 0.25) is 0 Å². The first-order valence-corrected chi connectivity index (χ1v) is 7.97. The summed E-state index contributed by atoms with van der Waals surface area (Å²) in [7, 11) is 0. The number of ether oxygens (including phenoxy) is 3. The Kier molecular flexibility index (Phi) is 4.88. The summed E-state index contributed by atoms with van der Waals surface area (Å²) in [6.07, 6.45) is -1.05. The number of ketones is 1. The van der Waals surface area contributed by atoms with Gasteiger partial charge in [-0.15, -0.1) is 0 Å². The van der Waals surface area contributed by atoms with Gasteiger partial charge in [-0.25, -0.2) is 4.79 Å². The lowest BCUT2D eigenvalue weighted by Gasteiger charge is -2.15. The monoisotopic (exact) mass is 355 g/mol. The molecule has 7 nitrogen and oxygen atoms in total. The zero-order valence-electron chi connectivity index (χ0n) is 14.3. The molecule has 3 rings (SSSR count). The number of esters is 1. The number of Topliss-reactive ketones (excluding diaryl/α,β-unsaturated/α-hetero) is 1. The van der Waals surface area contributed by atoms with Gasteiger partial charge in [0.2, 0.25) is 6.79 Å². The smallest absolute Gasteiger partial charge is 0.339 e. The van der Waals surface area contributed by atoms with Crippen LogP contribution in [0.1, 0.15) is 34.6 Å². The fraction of sp³-hybridized carbons (Fsp3) is 0.211. The van der Waals surface area contributed by atoms with E-state index in [2.05, 4.69) is 5.32 Å². The number of fused-ring (bicyclic) bond motifs is 1. The Balaban J connectivity index is 1.66. The third-order valence-corrected chi connectivity index (χ3v) is 3.83. The van der Waals surface area contributed by atoms with E-state index in [0.29, 0.717) is 22.7 Å². The third-order valence-electron chi connectivity index (χ3n) is 3.83. The Bertz CT molecular complexity index is 876. The highest BCUT2D eigenvalue weighted by atomic mass is 16.7. The topological polar surface area (TPSA) is 90.9 Å². The lowest BCUT2D eigenvalue weighted by molar-refractivity contribution is -0.123. The van der Waals surface area contributed by atoms with E-state index in [1.54, 1.807) is 30.3 Å². The highest BCUT2D eigenvalue weighted by molar-refractivity contribution is 6.05. The summed E-state index contributed by atoms with van der Waals surface area (Å²) >= 11 is 0. The van der Waals surface area contributed by atoms with E-state index in [9.17, 15) is 14.4 Å². The van der Waals surface area contributed by atoms with Crippen LogP contribution < -0.4 is 14.8 Å². The minimum atomic E-state index is -1.05. The predicted octanol–water partition coefficient (Wildman–Crippen LogP) is 2.80. The molecule has 26 heavy (non-hydrogen) atoms. The van der Waals surface area contributed by atoms with Crippen molar-refractivity contribution in [1.82, 2.24) is 0 Å². The molecule has 134 valence electrons. The standard InChI is InChI=1S/C19H17NO6/c1-11(21)14-5-3-4-6-15(14)20-18(22)12(2)26-19(23)13-7-8-16-17(9-13)25-10-24-16/h3-9,12H,10H2,1-2H3,(H,20,22)/t12-/m1/s1. The maximum absolute atomic E-state index is 12.3. The van der Waals surface area contributed by atoms with Gasteiger partial charge >= 0.3 is 5.97 Å². The van der Waals surface area contributed by atoms with Gasteiger partial charge in [-0.05, 0) is 44.2 Å².